The van der Waals surface area contributed by atoms with Gasteiger partial charge < -0.3 is 16.2 Å². The van der Waals surface area contributed by atoms with E-state index in [0.717, 1.165) is 5.69 Å². The third kappa shape index (κ3) is 3.22. The van der Waals surface area contributed by atoms with Crippen molar-refractivity contribution >= 4 is 11.5 Å². The fourth-order valence-electron chi connectivity index (χ4n) is 0.956. The predicted octanol–water partition coefficient (Wildman–Crippen LogP) is 1.09. The normalized spacial score (nSPS) is 11.4. The average Bonchev–Trinajstić information content (AvgIpc) is 2.15. The number of nitrogens with one attached hydrogen (secondary N) is 1. The Kier molecular flexibility index (Phi) is 3.30. The van der Waals surface area contributed by atoms with E-state index in [1.165, 1.54) is 0 Å². The largest absolute Gasteiger partial charge is 0.396 e. The summed E-state index contributed by atoms with van der Waals surface area (Å²) in [4.78, 5) is 3.89. The smallest absolute Gasteiger partial charge is 0.125 e. The number of nitrogens with zero attached hydrogens (tertiary/aromatic N) is 1. The number of pyridine rings is 1. The van der Waals surface area contributed by atoms with Crippen molar-refractivity contribution in [2.45, 2.75) is 13.8 Å². The third-order valence-electron chi connectivity index (χ3n) is 1.98. The van der Waals surface area contributed by atoms with Crippen LogP contribution in [0.4, 0.5) is 11.5 Å². The summed E-state index contributed by atoms with van der Waals surface area (Å²) in [7, 11) is 0. The molecule has 1 aromatic rings. The molecule has 0 aliphatic heterocycles. The topological polar surface area (TPSA) is 71.2 Å². The SMILES string of the molecule is CC(C)(CO)CNc1ccnc(N)c1. The molecule has 0 spiro atoms. The second kappa shape index (κ2) is 4.28. The Hall–Kier alpha value is -1.29. The zero-order chi connectivity index (χ0) is 10.6. The van der Waals surface area contributed by atoms with Gasteiger partial charge in [-0.05, 0) is 6.07 Å². The summed E-state index contributed by atoms with van der Waals surface area (Å²) < 4.78 is 0. The molecule has 4 nitrogen and oxygen atoms in total. The summed E-state index contributed by atoms with van der Waals surface area (Å²) in [6.45, 7) is 4.84. The highest BCUT2D eigenvalue weighted by atomic mass is 16.3. The van der Waals surface area contributed by atoms with Crippen LogP contribution in [0.15, 0.2) is 18.3 Å². The molecule has 1 heterocycles. The minimum absolute atomic E-state index is 0.127. The van der Waals surface area contributed by atoms with Crippen molar-refractivity contribution in [3.05, 3.63) is 18.3 Å². The summed E-state index contributed by atoms with van der Waals surface area (Å²) in [6.07, 6.45) is 1.66. The lowest BCUT2D eigenvalue weighted by molar-refractivity contribution is 0.171. The maximum absolute atomic E-state index is 9.05. The van der Waals surface area contributed by atoms with Crippen molar-refractivity contribution in [3.8, 4) is 0 Å². The molecule has 0 unspecified atom stereocenters. The van der Waals surface area contributed by atoms with Gasteiger partial charge in [-0.15, -0.1) is 0 Å². The molecule has 0 aromatic carbocycles. The second-order valence-electron chi connectivity index (χ2n) is 4.15. The third-order valence-corrected chi connectivity index (χ3v) is 1.98. The standard InChI is InChI=1S/C10H17N3O/c1-10(2,7-14)6-13-8-3-4-12-9(11)5-8/h3-5,14H,6-7H2,1-2H3,(H3,11,12,13). The number of aliphatic hydroxyl groups excluding tert-OH is 1. The van der Waals surface area contributed by atoms with Crippen LogP contribution in [-0.4, -0.2) is 23.2 Å². The Bertz CT molecular complexity index is 299. The highest BCUT2D eigenvalue weighted by Gasteiger charge is 2.15. The summed E-state index contributed by atoms with van der Waals surface area (Å²) in [5.74, 6) is 0.497. The minimum Gasteiger partial charge on any atom is -0.396 e. The van der Waals surface area contributed by atoms with Crippen LogP contribution in [-0.2, 0) is 0 Å². The molecule has 0 atom stereocenters. The quantitative estimate of drug-likeness (QED) is 0.672. The van der Waals surface area contributed by atoms with Crippen molar-refractivity contribution in [1.29, 1.82) is 0 Å². The summed E-state index contributed by atoms with van der Waals surface area (Å²) in [6, 6.07) is 3.62. The lowest BCUT2D eigenvalue weighted by Crippen LogP contribution is -2.26. The molecule has 4 N–H and O–H groups in total. The lowest BCUT2D eigenvalue weighted by atomic mass is 9.95. The highest BCUT2D eigenvalue weighted by molar-refractivity contribution is 5.49. The van der Waals surface area contributed by atoms with Crippen LogP contribution in [0.25, 0.3) is 0 Å². The Morgan fingerprint density at radius 2 is 2.29 bits per heavy atom. The molecule has 0 aliphatic rings. The molecule has 78 valence electrons. The molecule has 0 bridgehead atoms. The zero-order valence-corrected chi connectivity index (χ0v) is 8.62. The van der Waals surface area contributed by atoms with E-state index in [9.17, 15) is 0 Å². The predicted molar refractivity (Wildman–Crippen MR) is 58.0 cm³/mol. The van der Waals surface area contributed by atoms with Crippen LogP contribution >= 0.6 is 0 Å². The second-order valence-corrected chi connectivity index (χ2v) is 4.15. The number of hydrogen-bond acceptors (Lipinski definition) is 4. The molecule has 1 aromatic heterocycles. The van der Waals surface area contributed by atoms with E-state index in [0.29, 0.717) is 12.4 Å². The van der Waals surface area contributed by atoms with E-state index >= 15 is 0 Å². The molecule has 0 radical (unpaired) electrons. The van der Waals surface area contributed by atoms with E-state index in [1.807, 2.05) is 19.9 Å². The van der Waals surface area contributed by atoms with Crippen LogP contribution in [0, 0.1) is 5.41 Å². The van der Waals surface area contributed by atoms with Crippen LogP contribution in [0.2, 0.25) is 0 Å². The Morgan fingerprint density at radius 3 is 2.86 bits per heavy atom. The van der Waals surface area contributed by atoms with Gasteiger partial charge in [0.1, 0.15) is 5.82 Å². The minimum atomic E-state index is -0.127. The first-order valence-electron chi connectivity index (χ1n) is 4.60. The van der Waals surface area contributed by atoms with E-state index in [2.05, 4.69) is 10.3 Å². The lowest BCUT2D eigenvalue weighted by Gasteiger charge is -2.22. The summed E-state index contributed by atoms with van der Waals surface area (Å²) in [5.41, 5.74) is 6.33. The Morgan fingerprint density at radius 1 is 1.57 bits per heavy atom. The van der Waals surface area contributed by atoms with Gasteiger partial charge in [-0.25, -0.2) is 4.98 Å². The Labute approximate surface area is 84.2 Å². The number of nitrogens with two attached hydrogens (primary N) is 1. The first kappa shape index (κ1) is 10.8. The number of rotatable bonds is 4. The van der Waals surface area contributed by atoms with Crippen molar-refractivity contribution < 1.29 is 5.11 Å². The number of nitrogen functional groups attached to an aromatic ring is 1. The maximum Gasteiger partial charge on any atom is 0.125 e. The van der Waals surface area contributed by atoms with Crippen molar-refractivity contribution in [3.63, 3.8) is 0 Å². The molecule has 0 aliphatic carbocycles. The Balaban J connectivity index is 2.54. The average molecular weight is 195 g/mol. The van der Waals surface area contributed by atoms with Gasteiger partial charge >= 0.3 is 0 Å². The van der Waals surface area contributed by atoms with Gasteiger partial charge in [-0.3, -0.25) is 0 Å². The molecule has 0 saturated heterocycles. The molecular formula is C10H17N3O. The monoisotopic (exact) mass is 195 g/mol. The van der Waals surface area contributed by atoms with Crippen LogP contribution < -0.4 is 11.1 Å². The highest BCUT2D eigenvalue weighted by Crippen LogP contribution is 2.16. The molecule has 0 fully saturated rings. The fourth-order valence-corrected chi connectivity index (χ4v) is 0.956. The van der Waals surface area contributed by atoms with E-state index < -0.39 is 0 Å². The molecule has 0 saturated carbocycles. The number of aliphatic hydroxyl groups is 1. The van der Waals surface area contributed by atoms with E-state index in [4.69, 9.17) is 10.8 Å². The molecule has 14 heavy (non-hydrogen) atoms. The number of anilines is 2. The van der Waals surface area contributed by atoms with Gasteiger partial charge in [0.15, 0.2) is 0 Å². The van der Waals surface area contributed by atoms with E-state index in [1.54, 1.807) is 12.3 Å². The van der Waals surface area contributed by atoms with Gasteiger partial charge in [-0.2, -0.15) is 0 Å². The van der Waals surface area contributed by atoms with Gasteiger partial charge in [-0.1, -0.05) is 13.8 Å². The molecule has 4 heteroatoms. The van der Waals surface area contributed by atoms with E-state index in [-0.39, 0.29) is 12.0 Å². The van der Waals surface area contributed by atoms with Crippen molar-refractivity contribution in [2.75, 3.05) is 24.2 Å². The van der Waals surface area contributed by atoms with Crippen LogP contribution in [0.1, 0.15) is 13.8 Å². The maximum atomic E-state index is 9.05. The molecule has 1 rings (SSSR count). The van der Waals surface area contributed by atoms with Gasteiger partial charge in [0.2, 0.25) is 0 Å². The number of hydrogen-bond donors (Lipinski definition) is 3. The van der Waals surface area contributed by atoms with Gasteiger partial charge in [0.05, 0.1) is 0 Å². The number of aromatic nitrogens is 1. The van der Waals surface area contributed by atoms with Crippen LogP contribution in [0.3, 0.4) is 0 Å². The van der Waals surface area contributed by atoms with Crippen molar-refractivity contribution in [2.24, 2.45) is 5.41 Å². The summed E-state index contributed by atoms with van der Waals surface area (Å²) in [5, 5.41) is 12.2. The first-order chi connectivity index (χ1) is 6.53. The molecular weight excluding hydrogens is 178 g/mol. The first-order valence-corrected chi connectivity index (χ1v) is 4.60. The van der Waals surface area contributed by atoms with Crippen LogP contribution in [0.5, 0.6) is 0 Å². The molecule has 0 amide bonds. The van der Waals surface area contributed by atoms with Gasteiger partial charge in [0, 0.05) is 36.5 Å². The van der Waals surface area contributed by atoms with Crippen molar-refractivity contribution in [1.82, 2.24) is 4.98 Å². The zero-order valence-electron chi connectivity index (χ0n) is 8.62. The fraction of sp³-hybridized carbons (Fsp3) is 0.500. The van der Waals surface area contributed by atoms with Gasteiger partial charge in [0.25, 0.3) is 0 Å². The summed E-state index contributed by atoms with van der Waals surface area (Å²) >= 11 is 0.